The van der Waals surface area contributed by atoms with Gasteiger partial charge in [0.05, 0.1) is 30.7 Å². The molecule has 1 aromatic carbocycles. The summed E-state index contributed by atoms with van der Waals surface area (Å²) in [6.45, 7) is 3.76. The molecule has 0 unspecified atom stereocenters. The van der Waals surface area contributed by atoms with Crippen molar-refractivity contribution >= 4 is 33.9 Å². The molecule has 13 heteroatoms. The molecule has 0 saturated carbocycles. The topological polar surface area (TPSA) is 138 Å². The number of hydrogen-bond acceptors (Lipinski definition) is 8. The zero-order chi connectivity index (χ0) is 24.3. The van der Waals surface area contributed by atoms with Crippen LogP contribution in [0.15, 0.2) is 42.6 Å². The van der Waals surface area contributed by atoms with Crippen LogP contribution in [0.25, 0.3) is 5.95 Å². The monoisotopic (exact) mass is 491 g/mol. The molecule has 1 aliphatic rings. The highest BCUT2D eigenvalue weighted by Crippen LogP contribution is 2.38. The Balaban J connectivity index is 1.55. The summed E-state index contributed by atoms with van der Waals surface area (Å²) in [6.07, 6.45) is 2.95. The smallest absolute Gasteiger partial charge is 0.324 e. The molecule has 1 saturated heterocycles. The third kappa shape index (κ3) is 6.20. The molecule has 182 valence electrons. The van der Waals surface area contributed by atoms with Crippen molar-refractivity contribution in [2.24, 2.45) is 0 Å². The van der Waals surface area contributed by atoms with E-state index >= 15 is 0 Å². The number of benzene rings is 1. The normalized spacial score (nSPS) is 16.9. The highest BCUT2D eigenvalue weighted by Gasteiger charge is 2.23. The average Bonchev–Trinajstić information content (AvgIpc) is 3.22. The number of urea groups is 1. The fourth-order valence-electron chi connectivity index (χ4n) is 3.45. The standard InChI is InChI=1S/C21H26FN7O4S/c1-14-12-33-10-9-28(14)19-11-17(13-34(2,31)32)23-20(26-19)29-8-7-18(27-29)25-21(30)24-16-5-3-15(22)4-6-16/h3-8,11,14,31-32H,9-10,12-13H2,1-2H3,(H2,24,25,27,30)/t14-/m0/s1. The number of rotatable bonds is 6. The Morgan fingerprint density at radius 3 is 2.71 bits per heavy atom. The lowest BCUT2D eigenvalue weighted by Crippen LogP contribution is -2.44. The number of morpholine rings is 1. The first-order valence-electron chi connectivity index (χ1n) is 10.5. The molecule has 34 heavy (non-hydrogen) atoms. The maximum absolute atomic E-state index is 13.0. The van der Waals surface area contributed by atoms with Crippen molar-refractivity contribution in [1.29, 1.82) is 0 Å². The van der Waals surface area contributed by atoms with Crippen molar-refractivity contribution in [2.45, 2.75) is 18.7 Å². The lowest BCUT2D eigenvalue weighted by molar-refractivity contribution is 0.0985. The van der Waals surface area contributed by atoms with Gasteiger partial charge in [-0.3, -0.25) is 14.4 Å². The number of carbonyl (C=O) groups is 1. The average molecular weight is 492 g/mol. The number of nitrogens with one attached hydrogen (secondary N) is 2. The van der Waals surface area contributed by atoms with E-state index in [1.807, 2.05) is 6.92 Å². The molecule has 1 fully saturated rings. The van der Waals surface area contributed by atoms with E-state index in [1.54, 1.807) is 18.3 Å². The molecule has 11 nitrogen and oxygen atoms in total. The van der Waals surface area contributed by atoms with Gasteiger partial charge in [-0.25, -0.2) is 18.9 Å². The molecule has 2 amide bonds. The van der Waals surface area contributed by atoms with E-state index in [-0.39, 0.29) is 23.6 Å². The summed E-state index contributed by atoms with van der Waals surface area (Å²) < 4.78 is 39.9. The SMILES string of the molecule is C[C@H]1COCCN1c1cc(CS(C)(O)O)nc(-n2ccc(NC(=O)Nc3ccc(F)cc3)n2)n1. The van der Waals surface area contributed by atoms with Crippen molar-refractivity contribution in [3.8, 4) is 5.95 Å². The van der Waals surface area contributed by atoms with Crippen LogP contribution in [0, 0.1) is 5.82 Å². The van der Waals surface area contributed by atoms with E-state index in [0.717, 1.165) is 0 Å². The number of amides is 2. The van der Waals surface area contributed by atoms with Crippen LogP contribution in [-0.2, 0) is 10.5 Å². The van der Waals surface area contributed by atoms with Gasteiger partial charge in [-0.1, -0.05) is 0 Å². The van der Waals surface area contributed by atoms with Gasteiger partial charge in [-0.2, -0.15) is 15.6 Å². The van der Waals surface area contributed by atoms with Gasteiger partial charge in [0.25, 0.3) is 5.95 Å². The van der Waals surface area contributed by atoms with Crippen molar-refractivity contribution in [3.63, 3.8) is 0 Å². The number of nitrogens with zero attached hydrogens (tertiary/aromatic N) is 5. The van der Waals surface area contributed by atoms with Crippen LogP contribution in [0.3, 0.4) is 0 Å². The summed E-state index contributed by atoms with van der Waals surface area (Å²) in [5.41, 5.74) is 0.887. The molecule has 0 aliphatic carbocycles. The number of ether oxygens (including phenoxy) is 1. The maximum atomic E-state index is 13.0. The van der Waals surface area contributed by atoms with Gasteiger partial charge in [-0.05, 0) is 31.2 Å². The summed E-state index contributed by atoms with van der Waals surface area (Å²) in [5, 5.41) is 9.51. The summed E-state index contributed by atoms with van der Waals surface area (Å²) in [4.78, 5) is 23.4. The lowest BCUT2D eigenvalue weighted by atomic mass is 10.2. The van der Waals surface area contributed by atoms with E-state index in [1.165, 1.54) is 35.2 Å². The minimum atomic E-state index is -2.83. The predicted octanol–water partition coefficient (Wildman–Crippen LogP) is 3.55. The maximum Gasteiger partial charge on any atom is 0.324 e. The van der Waals surface area contributed by atoms with Gasteiger partial charge in [-0.15, -0.1) is 5.10 Å². The minimum Gasteiger partial charge on any atom is -0.377 e. The molecule has 4 rings (SSSR count). The van der Waals surface area contributed by atoms with Crippen LogP contribution in [0.5, 0.6) is 0 Å². The molecule has 2 aromatic heterocycles. The molecule has 1 aliphatic heterocycles. The number of aromatic nitrogens is 4. The fourth-order valence-corrected chi connectivity index (χ4v) is 4.16. The second-order valence-corrected chi connectivity index (χ2v) is 10.3. The first kappa shape index (κ1) is 23.9. The summed E-state index contributed by atoms with van der Waals surface area (Å²) in [7, 11) is -2.83. The largest absolute Gasteiger partial charge is 0.377 e. The van der Waals surface area contributed by atoms with Gasteiger partial charge in [0.1, 0.15) is 11.6 Å². The third-order valence-electron chi connectivity index (χ3n) is 4.97. The second kappa shape index (κ2) is 9.93. The second-order valence-electron chi connectivity index (χ2n) is 8.00. The van der Waals surface area contributed by atoms with Gasteiger partial charge < -0.3 is 15.0 Å². The summed E-state index contributed by atoms with van der Waals surface area (Å²) in [6, 6.07) is 8.22. The highest BCUT2D eigenvalue weighted by atomic mass is 32.3. The number of hydrogen-bond donors (Lipinski definition) is 4. The highest BCUT2D eigenvalue weighted by molar-refractivity contribution is 8.23. The lowest BCUT2D eigenvalue weighted by Gasteiger charge is -2.34. The van der Waals surface area contributed by atoms with E-state index in [4.69, 9.17) is 4.74 Å². The van der Waals surface area contributed by atoms with Crippen LogP contribution < -0.4 is 15.5 Å². The van der Waals surface area contributed by atoms with Crippen LogP contribution in [0.1, 0.15) is 12.6 Å². The molecular formula is C21H26FN7O4S. The van der Waals surface area contributed by atoms with Gasteiger partial charge >= 0.3 is 6.03 Å². The van der Waals surface area contributed by atoms with Gasteiger partial charge in [0, 0.05) is 36.8 Å². The summed E-state index contributed by atoms with van der Waals surface area (Å²) >= 11 is 0. The molecule has 0 spiro atoms. The van der Waals surface area contributed by atoms with Gasteiger partial charge in [0.2, 0.25) is 0 Å². The third-order valence-corrected chi connectivity index (χ3v) is 5.82. The van der Waals surface area contributed by atoms with Crippen molar-refractivity contribution in [1.82, 2.24) is 19.7 Å². The molecular weight excluding hydrogens is 465 g/mol. The molecule has 1 atom stereocenters. The number of anilines is 3. The van der Waals surface area contributed by atoms with Crippen LogP contribution in [0.2, 0.25) is 0 Å². The first-order valence-corrected chi connectivity index (χ1v) is 12.6. The Kier molecular flexibility index (Phi) is 6.97. The van der Waals surface area contributed by atoms with E-state index in [9.17, 15) is 18.3 Å². The van der Waals surface area contributed by atoms with Crippen LogP contribution >= 0.6 is 10.6 Å². The quantitative estimate of drug-likeness (QED) is 0.411. The van der Waals surface area contributed by atoms with E-state index in [2.05, 4.69) is 30.6 Å². The first-order chi connectivity index (χ1) is 16.2. The molecule has 4 N–H and O–H groups in total. The predicted molar refractivity (Wildman–Crippen MR) is 128 cm³/mol. The Hall–Kier alpha value is -3.26. The summed E-state index contributed by atoms with van der Waals surface area (Å²) in [5.74, 6) is 0.665. The Bertz CT molecular complexity index is 1150. The van der Waals surface area contributed by atoms with E-state index < -0.39 is 22.4 Å². The van der Waals surface area contributed by atoms with Gasteiger partial charge in [0.15, 0.2) is 5.82 Å². The molecule has 3 heterocycles. The number of halogens is 1. The van der Waals surface area contributed by atoms with E-state index in [0.29, 0.717) is 37.0 Å². The molecule has 0 bridgehead atoms. The van der Waals surface area contributed by atoms with Crippen molar-refractivity contribution < 1.29 is 23.0 Å². The zero-order valence-corrected chi connectivity index (χ0v) is 19.5. The van der Waals surface area contributed by atoms with Crippen molar-refractivity contribution in [3.05, 3.63) is 54.1 Å². The molecule has 3 aromatic rings. The Morgan fingerprint density at radius 1 is 1.24 bits per heavy atom. The van der Waals surface area contributed by atoms with Crippen LogP contribution in [-0.4, -0.2) is 66.9 Å². The number of carbonyl (C=O) groups excluding carboxylic acids is 1. The fraction of sp³-hybridized carbons (Fsp3) is 0.333. The Morgan fingerprint density at radius 2 is 2.00 bits per heavy atom. The van der Waals surface area contributed by atoms with Crippen molar-refractivity contribution in [2.75, 3.05) is 41.5 Å². The zero-order valence-electron chi connectivity index (χ0n) is 18.7. The Labute approximate surface area is 197 Å². The minimum absolute atomic E-state index is 0.0271. The molecule has 0 radical (unpaired) electrons. The van der Waals surface area contributed by atoms with Crippen LogP contribution in [0.4, 0.5) is 26.5 Å².